The van der Waals surface area contributed by atoms with Crippen molar-refractivity contribution in [1.82, 2.24) is 25.5 Å². The Kier molecular flexibility index (Phi) is 6.30. The Morgan fingerprint density at radius 1 is 1.11 bits per heavy atom. The van der Waals surface area contributed by atoms with E-state index in [0.717, 1.165) is 15.6 Å². The lowest BCUT2D eigenvalue weighted by Crippen LogP contribution is -2.22. The van der Waals surface area contributed by atoms with E-state index >= 15 is 0 Å². The summed E-state index contributed by atoms with van der Waals surface area (Å²) in [6.45, 7) is 3.81. The topological polar surface area (TPSA) is 89.8 Å². The molecule has 1 unspecified atom stereocenters. The molecule has 1 N–H and O–H groups in total. The van der Waals surface area contributed by atoms with E-state index in [0.29, 0.717) is 24.4 Å². The Labute approximate surface area is 171 Å². The smallest absolute Gasteiger partial charge is 0.216 e. The molecule has 0 aliphatic rings. The number of amides is 1. The minimum Gasteiger partial charge on any atom is -0.356 e. The molecular formula is C20H20BrN5O2. The van der Waals surface area contributed by atoms with E-state index in [4.69, 9.17) is 0 Å². The van der Waals surface area contributed by atoms with Gasteiger partial charge >= 0.3 is 0 Å². The highest BCUT2D eigenvalue weighted by atomic mass is 79.9. The molecule has 0 aliphatic carbocycles. The number of carbonyl (C=O) groups excluding carboxylic acids is 2. The second-order valence-electron chi connectivity index (χ2n) is 6.41. The molecule has 0 aliphatic heterocycles. The van der Waals surface area contributed by atoms with E-state index in [-0.39, 0.29) is 11.7 Å². The van der Waals surface area contributed by atoms with Crippen LogP contribution in [0.1, 0.15) is 35.8 Å². The van der Waals surface area contributed by atoms with Crippen LogP contribution in [0.15, 0.2) is 53.0 Å². The van der Waals surface area contributed by atoms with Gasteiger partial charge in [0.1, 0.15) is 6.04 Å². The summed E-state index contributed by atoms with van der Waals surface area (Å²) in [7, 11) is 0. The number of Topliss-reactive ketones (excluding diaryl/α,β-unsaturated/α-hetero) is 1. The van der Waals surface area contributed by atoms with Crippen molar-refractivity contribution in [2.24, 2.45) is 0 Å². The van der Waals surface area contributed by atoms with Gasteiger partial charge in [-0.15, -0.1) is 10.2 Å². The van der Waals surface area contributed by atoms with Crippen molar-refractivity contribution >= 4 is 27.6 Å². The lowest BCUT2D eigenvalue weighted by molar-refractivity contribution is -0.118. The third kappa shape index (κ3) is 4.89. The molecule has 28 heavy (non-hydrogen) atoms. The molecule has 0 saturated heterocycles. The van der Waals surface area contributed by atoms with E-state index in [2.05, 4.69) is 36.7 Å². The van der Waals surface area contributed by atoms with Gasteiger partial charge in [0.15, 0.2) is 5.78 Å². The van der Waals surface area contributed by atoms with Gasteiger partial charge in [-0.05, 0) is 48.4 Å². The van der Waals surface area contributed by atoms with E-state index < -0.39 is 6.04 Å². The molecule has 3 rings (SSSR count). The Morgan fingerprint density at radius 3 is 2.43 bits per heavy atom. The summed E-state index contributed by atoms with van der Waals surface area (Å²) >= 11 is 3.39. The number of aromatic nitrogens is 4. The lowest BCUT2D eigenvalue weighted by Gasteiger charge is -2.09. The van der Waals surface area contributed by atoms with Crippen LogP contribution < -0.4 is 5.32 Å². The number of nitrogens with one attached hydrogen (secondary N) is 1. The van der Waals surface area contributed by atoms with Gasteiger partial charge in [0, 0.05) is 29.1 Å². The molecule has 0 fully saturated rings. The Bertz CT molecular complexity index is 967. The molecule has 0 spiro atoms. The quantitative estimate of drug-likeness (QED) is 0.568. The molecule has 0 saturated carbocycles. The summed E-state index contributed by atoms with van der Waals surface area (Å²) in [5, 5.41) is 15.2. The fourth-order valence-electron chi connectivity index (χ4n) is 2.67. The summed E-state index contributed by atoms with van der Waals surface area (Å²) in [5.74, 6) is 0.331. The SMILES string of the molecule is CC(=O)NCCc1ccc(C(=O)C(C)n2nnc(-c3ccc(Br)cc3)n2)cc1. The first kappa shape index (κ1) is 19.9. The van der Waals surface area contributed by atoms with Gasteiger partial charge in [-0.2, -0.15) is 4.80 Å². The predicted molar refractivity (Wildman–Crippen MR) is 109 cm³/mol. The molecule has 3 aromatic rings. The molecule has 0 radical (unpaired) electrons. The van der Waals surface area contributed by atoms with Crippen LogP contribution in [0.3, 0.4) is 0 Å². The van der Waals surface area contributed by atoms with Crippen molar-refractivity contribution in [3.8, 4) is 11.4 Å². The number of carbonyl (C=O) groups is 2. The molecular weight excluding hydrogens is 422 g/mol. The average molecular weight is 442 g/mol. The third-order valence-corrected chi connectivity index (χ3v) is 4.81. The minimum absolute atomic E-state index is 0.0524. The molecule has 144 valence electrons. The van der Waals surface area contributed by atoms with E-state index in [1.807, 2.05) is 36.4 Å². The second-order valence-corrected chi connectivity index (χ2v) is 7.33. The Balaban J connectivity index is 1.67. The zero-order chi connectivity index (χ0) is 20.1. The highest BCUT2D eigenvalue weighted by Crippen LogP contribution is 2.19. The maximum atomic E-state index is 12.8. The summed E-state index contributed by atoms with van der Waals surface area (Å²) in [4.78, 5) is 25.0. The van der Waals surface area contributed by atoms with Crippen LogP contribution in [0, 0.1) is 0 Å². The number of hydrogen-bond donors (Lipinski definition) is 1. The maximum absolute atomic E-state index is 12.8. The number of rotatable bonds is 7. The van der Waals surface area contributed by atoms with Crippen LogP contribution in [-0.2, 0) is 11.2 Å². The van der Waals surface area contributed by atoms with Crippen molar-refractivity contribution < 1.29 is 9.59 Å². The van der Waals surface area contributed by atoms with Crippen LogP contribution in [0.4, 0.5) is 0 Å². The zero-order valence-corrected chi connectivity index (χ0v) is 17.2. The summed E-state index contributed by atoms with van der Waals surface area (Å²) in [6, 6.07) is 14.4. The van der Waals surface area contributed by atoms with Gasteiger partial charge in [0.2, 0.25) is 11.7 Å². The molecule has 1 aromatic heterocycles. The van der Waals surface area contributed by atoms with E-state index in [9.17, 15) is 9.59 Å². The standard InChI is InChI=1S/C20H20BrN5O2/c1-13(26-24-20(23-25-26)17-7-9-18(21)10-8-17)19(28)16-5-3-15(4-6-16)11-12-22-14(2)27/h3-10,13H,11-12H2,1-2H3,(H,22,27). The van der Waals surface area contributed by atoms with Gasteiger partial charge in [-0.1, -0.05) is 40.2 Å². The van der Waals surface area contributed by atoms with Gasteiger partial charge in [-0.25, -0.2) is 0 Å². The fraction of sp³-hybridized carbons (Fsp3) is 0.250. The summed E-state index contributed by atoms with van der Waals surface area (Å²) in [6.07, 6.45) is 0.713. The normalized spacial score (nSPS) is 11.8. The van der Waals surface area contributed by atoms with E-state index in [1.54, 1.807) is 19.1 Å². The van der Waals surface area contributed by atoms with Crippen LogP contribution in [-0.4, -0.2) is 38.4 Å². The number of nitrogens with zero attached hydrogens (tertiary/aromatic N) is 4. The molecule has 7 nitrogen and oxygen atoms in total. The number of halogens is 1. The number of benzene rings is 2. The Hall–Kier alpha value is -2.87. The summed E-state index contributed by atoms with van der Waals surface area (Å²) in [5.41, 5.74) is 2.46. The van der Waals surface area contributed by atoms with Crippen molar-refractivity contribution in [3.05, 3.63) is 64.1 Å². The maximum Gasteiger partial charge on any atom is 0.216 e. The zero-order valence-electron chi connectivity index (χ0n) is 15.6. The lowest BCUT2D eigenvalue weighted by atomic mass is 10.0. The fourth-order valence-corrected chi connectivity index (χ4v) is 2.93. The van der Waals surface area contributed by atoms with Crippen molar-refractivity contribution in [1.29, 1.82) is 0 Å². The van der Waals surface area contributed by atoms with Gasteiger partial charge in [0.05, 0.1) is 0 Å². The highest BCUT2D eigenvalue weighted by molar-refractivity contribution is 9.10. The van der Waals surface area contributed by atoms with Crippen molar-refractivity contribution in [3.63, 3.8) is 0 Å². The first-order valence-electron chi connectivity index (χ1n) is 8.87. The largest absolute Gasteiger partial charge is 0.356 e. The first-order chi connectivity index (χ1) is 13.4. The van der Waals surface area contributed by atoms with Crippen molar-refractivity contribution in [2.45, 2.75) is 26.3 Å². The number of tetrazole rings is 1. The molecule has 1 amide bonds. The van der Waals surface area contributed by atoms with Crippen molar-refractivity contribution in [2.75, 3.05) is 6.54 Å². The average Bonchev–Trinajstić information content (AvgIpc) is 3.18. The molecule has 1 heterocycles. The molecule has 2 aromatic carbocycles. The van der Waals surface area contributed by atoms with Crippen LogP contribution in [0.25, 0.3) is 11.4 Å². The first-order valence-corrected chi connectivity index (χ1v) is 9.66. The monoisotopic (exact) mass is 441 g/mol. The molecule has 0 bridgehead atoms. The summed E-state index contributed by atoms with van der Waals surface area (Å²) < 4.78 is 0.965. The molecule has 1 atom stereocenters. The van der Waals surface area contributed by atoms with E-state index in [1.165, 1.54) is 11.7 Å². The van der Waals surface area contributed by atoms with Crippen LogP contribution in [0.2, 0.25) is 0 Å². The third-order valence-electron chi connectivity index (χ3n) is 4.28. The number of ketones is 1. The van der Waals surface area contributed by atoms with Crippen LogP contribution in [0.5, 0.6) is 0 Å². The minimum atomic E-state index is -0.568. The Morgan fingerprint density at radius 2 is 1.79 bits per heavy atom. The van der Waals surface area contributed by atoms with Gasteiger partial charge in [0.25, 0.3) is 0 Å². The van der Waals surface area contributed by atoms with Gasteiger partial charge < -0.3 is 5.32 Å². The van der Waals surface area contributed by atoms with Gasteiger partial charge in [-0.3, -0.25) is 9.59 Å². The van der Waals surface area contributed by atoms with Crippen LogP contribution >= 0.6 is 15.9 Å². The second kappa shape index (κ2) is 8.88. The predicted octanol–water partition coefficient (Wildman–Crippen LogP) is 3.23. The number of hydrogen-bond acceptors (Lipinski definition) is 5. The highest BCUT2D eigenvalue weighted by Gasteiger charge is 2.20. The molecule has 8 heteroatoms.